The lowest BCUT2D eigenvalue weighted by molar-refractivity contribution is -0.196. The van der Waals surface area contributed by atoms with Crippen LogP contribution in [-0.2, 0) is 10.3 Å². The lowest BCUT2D eigenvalue weighted by Gasteiger charge is -2.36. The summed E-state index contributed by atoms with van der Waals surface area (Å²) < 4.78 is 38.0. The van der Waals surface area contributed by atoms with Gasteiger partial charge in [-0.15, -0.1) is 0 Å². The van der Waals surface area contributed by atoms with Gasteiger partial charge in [0, 0.05) is 11.8 Å². The molecule has 13 heteroatoms. The molecule has 1 unspecified atom stereocenters. The van der Waals surface area contributed by atoms with E-state index in [-0.39, 0.29) is 11.4 Å². The number of rotatable bonds is 6. The Morgan fingerprint density at radius 2 is 1.61 bits per heavy atom. The molecular weight excluding hydrogens is 484 g/mol. The molecule has 0 radical (unpaired) electrons. The first-order chi connectivity index (χ1) is 16.9. The molecule has 1 fully saturated rings. The number of nitrogens with two attached hydrogens (primary N) is 1. The Bertz CT molecular complexity index is 1410. The normalized spacial score (nSPS) is 23.8. The van der Waals surface area contributed by atoms with Crippen LogP contribution in [0.2, 0.25) is 0 Å². The van der Waals surface area contributed by atoms with Gasteiger partial charge in [-0.3, -0.25) is 4.57 Å². The molecule has 0 saturated carbocycles. The van der Waals surface area contributed by atoms with Gasteiger partial charge in [0.2, 0.25) is 6.23 Å². The molecule has 11 nitrogen and oxygen atoms in total. The molecule has 1 aliphatic heterocycles. The number of aliphatic hydroxyl groups excluding tert-OH is 1. The van der Waals surface area contributed by atoms with Crippen LogP contribution in [0.4, 0.5) is 14.6 Å². The van der Waals surface area contributed by atoms with Gasteiger partial charge in [-0.05, 0) is 23.8 Å². The Morgan fingerprint density at radius 1 is 1.03 bits per heavy atom. The number of carboxylic acid groups (broad SMARTS) is 2. The van der Waals surface area contributed by atoms with Crippen molar-refractivity contribution in [3.05, 3.63) is 93.5 Å². The summed E-state index contributed by atoms with van der Waals surface area (Å²) in [6.45, 7) is 0. The van der Waals surface area contributed by atoms with E-state index in [0.29, 0.717) is 4.57 Å². The molecule has 188 valence electrons. The van der Waals surface area contributed by atoms with Crippen LogP contribution in [0.25, 0.3) is 0 Å². The number of aromatic carboxylic acids is 2. The minimum atomic E-state index is -4.45. The van der Waals surface area contributed by atoms with Crippen LogP contribution in [0.1, 0.15) is 44.2 Å². The number of anilines is 1. The van der Waals surface area contributed by atoms with Crippen molar-refractivity contribution in [2.24, 2.45) is 0 Å². The number of nitrogen functional groups attached to an aromatic ring is 1. The van der Waals surface area contributed by atoms with Crippen LogP contribution in [0.5, 0.6) is 0 Å². The lowest BCUT2D eigenvalue weighted by atomic mass is 9.77. The predicted molar refractivity (Wildman–Crippen MR) is 117 cm³/mol. The fourth-order valence-electron chi connectivity index (χ4n) is 4.30. The minimum Gasteiger partial charge on any atom is -0.478 e. The predicted octanol–water partition coefficient (Wildman–Crippen LogP) is 1.38. The van der Waals surface area contributed by atoms with Gasteiger partial charge in [0.25, 0.3) is 0 Å². The number of aromatic nitrogens is 2. The lowest BCUT2D eigenvalue weighted by Crippen LogP contribution is -2.53. The largest absolute Gasteiger partial charge is 0.478 e. The third-order valence-electron chi connectivity index (χ3n) is 5.97. The summed E-state index contributed by atoms with van der Waals surface area (Å²) in [6, 6.07) is 10.2. The van der Waals surface area contributed by atoms with Gasteiger partial charge < -0.3 is 30.9 Å². The summed E-state index contributed by atoms with van der Waals surface area (Å²) in [5, 5.41) is 41.9. The highest BCUT2D eigenvalue weighted by molar-refractivity contribution is 5.90. The molecule has 4 rings (SSSR count). The molecule has 1 saturated heterocycles. The number of hydrogen-bond acceptors (Lipinski definition) is 8. The maximum Gasteiger partial charge on any atom is 0.351 e. The molecule has 2 aromatic carbocycles. The molecule has 0 aliphatic carbocycles. The SMILES string of the molecule is Nc1ccn([C@@H]2O[C@H](C(O)c3ccccc3C(=O)O)[C@](O)(c3ccccc3C(=O)O)C2(F)F)c(=O)n1. The van der Waals surface area contributed by atoms with E-state index < -0.39 is 64.3 Å². The first kappa shape index (κ1) is 24.9. The average molecular weight is 503 g/mol. The maximum atomic E-state index is 16.1. The van der Waals surface area contributed by atoms with Crippen LogP contribution in [0, 0.1) is 0 Å². The molecule has 2 heterocycles. The number of carboxylic acids is 2. The smallest absolute Gasteiger partial charge is 0.351 e. The summed E-state index contributed by atoms with van der Waals surface area (Å²) in [4.78, 5) is 39.3. The van der Waals surface area contributed by atoms with Gasteiger partial charge in [0.15, 0.2) is 5.60 Å². The molecule has 36 heavy (non-hydrogen) atoms. The number of benzene rings is 2. The van der Waals surface area contributed by atoms with Gasteiger partial charge in [-0.25, -0.2) is 14.4 Å². The average Bonchev–Trinajstić information content (AvgIpc) is 3.05. The van der Waals surface area contributed by atoms with Crippen LogP contribution >= 0.6 is 0 Å². The van der Waals surface area contributed by atoms with Gasteiger partial charge in [0.1, 0.15) is 18.0 Å². The van der Waals surface area contributed by atoms with E-state index in [1.165, 1.54) is 24.3 Å². The zero-order valence-corrected chi connectivity index (χ0v) is 18.2. The van der Waals surface area contributed by atoms with Crippen LogP contribution in [0.3, 0.4) is 0 Å². The number of alkyl halides is 2. The Balaban J connectivity index is 1.99. The molecule has 6 N–H and O–H groups in total. The topological polar surface area (TPSA) is 185 Å². The molecule has 0 spiro atoms. The highest BCUT2D eigenvalue weighted by atomic mass is 19.3. The molecule has 1 aliphatic rings. The molecular formula is C23H19F2N3O8. The Kier molecular flexibility index (Phi) is 6.08. The third kappa shape index (κ3) is 3.69. The molecule has 3 aromatic rings. The van der Waals surface area contributed by atoms with E-state index in [1.807, 2.05) is 0 Å². The van der Waals surface area contributed by atoms with E-state index in [4.69, 9.17) is 10.5 Å². The Morgan fingerprint density at radius 3 is 2.22 bits per heavy atom. The van der Waals surface area contributed by atoms with Gasteiger partial charge >= 0.3 is 23.6 Å². The second kappa shape index (κ2) is 8.78. The number of halogens is 2. The second-order valence-corrected chi connectivity index (χ2v) is 8.03. The van der Waals surface area contributed by atoms with E-state index in [2.05, 4.69) is 4.98 Å². The molecule has 1 aromatic heterocycles. The summed E-state index contributed by atoms with van der Waals surface area (Å²) in [5.74, 6) is -7.90. The first-order valence-corrected chi connectivity index (χ1v) is 10.3. The highest BCUT2D eigenvalue weighted by Gasteiger charge is 2.73. The van der Waals surface area contributed by atoms with Crippen molar-refractivity contribution in [1.29, 1.82) is 0 Å². The molecule has 0 amide bonds. The van der Waals surface area contributed by atoms with E-state index in [9.17, 15) is 34.8 Å². The summed E-state index contributed by atoms with van der Waals surface area (Å²) >= 11 is 0. The summed E-state index contributed by atoms with van der Waals surface area (Å²) in [5.41, 5.74) is -1.81. The summed E-state index contributed by atoms with van der Waals surface area (Å²) in [6.07, 6.45) is -6.30. The van der Waals surface area contributed by atoms with Crippen molar-refractivity contribution in [3.63, 3.8) is 0 Å². The fraction of sp³-hybridized carbons (Fsp3) is 0.217. The second-order valence-electron chi connectivity index (χ2n) is 8.03. The van der Waals surface area contributed by atoms with E-state index >= 15 is 8.78 Å². The van der Waals surface area contributed by atoms with E-state index in [0.717, 1.165) is 36.5 Å². The minimum absolute atomic E-state index is 0.281. The first-order valence-electron chi connectivity index (χ1n) is 10.3. The van der Waals surface area contributed by atoms with Crippen LogP contribution in [-0.4, -0.2) is 53.9 Å². The van der Waals surface area contributed by atoms with Gasteiger partial charge in [-0.1, -0.05) is 36.4 Å². The Hall–Kier alpha value is -4.20. The third-order valence-corrected chi connectivity index (χ3v) is 5.97. The monoisotopic (exact) mass is 503 g/mol. The number of ether oxygens (including phenoxy) is 1. The van der Waals surface area contributed by atoms with Crippen molar-refractivity contribution >= 4 is 17.8 Å². The van der Waals surface area contributed by atoms with Gasteiger partial charge in [0.05, 0.1) is 11.1 Å². The Labute approximate surface area is 200 Å². The highest BCUT2D eigenvalue weighted by Crippen LogP contribution is 2.57. The number of aliphatic hydroxyl groups is 2. The quantitative estimate of drug-likeness (QED) is 0.329. The van der Waals surface area contributed by atoms with Crippen molar-refractivity contribution in [3.8, 4) is 0 Å². The molecule has 0 bridgehead atoms. The fourth-order valence-corrected chi connectivity index (χ4v) is 4.30. The maximum absolute atomic E-state index is 16.1. The van der Waals surface area contributed by atoms with Crippen molar-refractivity contribution in [1.82, 2.24) is 9.55 Å². The zero-order valence-electron chi connectivity index (χ0n) is 18.2. The standard InChI is InChI=1S/C23H19F2N3O8/c24-23(25)20(28-10-9-15(26)27-21(28)34)36-17(16(29)11-5-1-2-6-12(11)18(30)31)22(23,35)14-8-4-3-7-13(14)19(32)33/h1-10,16-17,20,29,35H,(H,30,31)(H,32,33)(H2,26,27,34)/t16?,17-,20-,22-/m1/s1. The van der Waals surface area contributed by atoms with Crippen molar-refractivity contribution in [2.75, 3.05) is 5.73 Å². The van der Waals surface area contributed by atoms with Crippen molar-refractivity contribution < 1.29 is 43.5 Å². The number of hydrogen-bond donors (Lipinski definition) is 5. The van der Waals surface area contributed by atoms with Gasteiger partial charge in [-0.2, -0.15) is 13.8 Å². The number of nitrogens with zero attached hydrogens (tertiary/aromatic N) is 2. The summed E-state index contributed by atoms with van der Waals surface area (Å²) in [7, 11) is 0. The number of carbonyl (C=O) groups is 2. The van der Waals surface area contributed by atoms with Crippen LogP contribution < -0.4 is 11.4 Å². The van der Waals surface area contributed by atoms with Crippen molar-refractivity contribution in [2.45, 2.75) is 30.0 Å². The molecule has 4 atom stereocenters. The zero-order chi connectivity index (χ0) is 26.4. The van der Waals surface area contributed by atoms with Crippen LogP contribution in [0.15, 0.2) is 65.6 Å². The van der Waals surface area contributed by atoms with E-state index in [1.54, 1.807) is 0 Å².